The molecule has 4 rings (SSSR count). The van der Waals surface area contributed by atoms with Crippen molar-refractivity contribution in [3.8, 4) is 21.8 Å². The third-order valence-electron chi connectivity index (χ3n) is 3.14. The summed E-state index contributed by atoms with van der Waals surface area (Å²) in [6.45, 7) is 0. The lowest BCUT2D eigenvalue weighted by Gasteiger charge is -2.06. The molecule has 24 heavy (non-hydrogen) atoms. The van der Waals surface area contributed by atoms with E-state index in [0.29, 0.717) is 22.3 Å². The Bertz CT molecular complexity index is 996. The van der Waals surface area contributed by atoms with Gasteiger partial charge in [0.1, 0.15) is 11.6 Å². The summed E-state index contributed by atoms with van der Waals surface area (Å²) in [5.74, 6) is 1.13. The second-order valence-electron chi connectivity index (χ2n) is 4.63. The summed E-state index contributed by atoms with van der Waals surface area (Å²) in [4.78, 5) is 5.32. The Labute approximate surface area is 144 Å². The highest BCUT2D eigenvalue weighted by atomic mass is 32.1. The van der Waals surface area contributed by atoms with Gasteiger partial charge in [-0.05, 0) is 23.6 Å². The quantitative estimate of drug-likeness (QED) is 0.605. The average Bonchev–Trinajstić information content (AvgIpc) is 3.36. The van der Waals surface area contributed by atoms with Gasteiger partial charge in [-0.1, -0.05) is 23.5 Å². The summed E-state index contributed by atoms with van der Waals surface area (Å²) >= 11 is 3.02. The Morgan fingerprint density at radius 2 is 2.12 bits per heavy atom. The van der Waals surface area contributed by atoms with Crippen LogP contribution < -0.4 is 5.32 Å². The summed E-state index contributed by atoms with van der Waals surface area (Å²) in [5.41, 5.74) is 0.411. The maximum absolute atomic E-state index is 9.32. The van der Waals surface area contributed by atoms with Gasteiger partial charge in [0.25, 0.3) is 0 Å². The van der Waals surface area contributed by atoms with Gasteiger partial charge < -0.3 is 5.32 Å². The Balaban J connectivity index is 1.70. The molecule has 0 saturated carbocycles. The van der Waals surface area contributed by atoms with Crippen LogP contribution in [0.25, 0.3) is 15.7 Å². The molecule has 0 aliphatic rings. The van der Waals surface area contributed by atoms with Crippen LogP contribution in [0.1, 0.15) is 5.56 Å². The van der Waals surface area contributed by atoms with Crippen LogP contribution in [0.15, 0.2) is 48.1 Å². The molecule has 0 radical (unpaired) electrons. The smallest absolute Gasteiger partial charge is 0.211 e. The number of rotatable bonds is 4. The average molecular weight is 351 g/mol. The van der Waals surface area contributed by atoms with Crippen LogP contribution in [0, 0.1) is 11.3 Å². The number of anilines is 2. The van der Waals surface area contributed by atoms with E-state index in [0.717, 1.165) is 9.88 Å². The summed E-state index contributed by atoms with van der Waals surface area (Å²) in [5, 5.41) is 28.4. The van der Waals surface area contributed by atoms with Crippen molar-refractivity contribution >= 4 is 33.6 Å². The zero-order valence-electron chi connectivity index (χ0n) is 12.1. The van der Waals surface area contributed by atoms with E-state index in [1.165, 1.54) is 17.5 Å². The molecule has 0 saturated heterocycles. The monoisotopic (exact) mass is 351 g/mol. The summed E-state index contributed by atoms with van der Waals surface area (Å²) in [7, 11) is 0. The van der Waals surface area contributed by atoms with E-state index in [4.69, 9.17) is 0 Å². The van der Waals surface area contributed by atoms with Gasteiger partial charge in [0.2, 0.25) is 5.13 Å². The first kappa shape index (κ1) is 14.5. The van der Waals surface area contributed by atoms with E-state index in [2.05, 4.69) is 31.7 Å². The maximum atomic E-state index is 9.32. The minimum atomic E-state index is 0.411. The van der Waals surface area contributed by atoms with Crippen LogP contribution in [-0.2, 0) is 0 Å². The Morgan fingerprint density at radius 1 is 1.17 bits per heavy atom. The summed E-state index contributed by atoms with van der Waals surface area (Å²) in [6, 6.07) is 11.6. The van der Waals surface area contributed by atoms with Crippen molar-refractivity contribution < 1.29 is 0 Å². The number of hydrogen-bond acceptors (Lipinski definition) is 8. The molecular weight excluding hydrogens is 342 g/mol. The van der Waals surface area contributed by atoms with E-state index in [1.807, 2.05) is 35.7 Å². The molecule has 0 aliphatic heterocycles. The third-order valence-corrected chi connectivity index (χ3v) is 5.02. The molecule has 4 aromatic heterocycles. The van der Waals surface area contributed by atoms with Gasteiger partial charge in [-0.15, -0.1) is 21.5 Å². The molecule has 0 spiro atoms. The number of nitrogens with one attached hydrogen (secondary N) is 1. The number of nitrogens with zero attached hydrogens (tertiary/aromatic N) is 6. The zero-order valence-corrected chi connectivity index (χ0v) is 13.8. The van der Waals surface area contributed by atoms with Crippen molar-refractivity contribution in [2.75, 3.05) is 5.32 Å². The SMILES string of the molecule is N#Cc1cnn(-c2ccccn2)c1Nc1nnc(-c2cccs2)s1. The Kier molecular flexibility index (Phi) is 3.74. The highest BCUT2D eigenvalue weighted by molar-refractivity contribution is 7.22. The molecule has 0 aromatic carbocycles. The fraction of sp³-hybridized carbons (Fsp3) is 0. The van der Waals surface area contributed by atoms with Crippen LogP contribution >= 0.6 is 22.7 Å². The van der Waals surface area contributed by atoms with Crippen LogP contribution in [0.4, 0.5) is 10.9 Å². The number of nitriles is 1. The van der Waals surface area contributed by atoms with Gasteiger partial charge in [0.15, 0.2) is 16.6 Å². The van der Waals surface area contributed by atoms with Crippen molar-refractivity contribution in [2.45, 2.75) is 0 Å². The van der Waals surface area contributed by atoms with Gasteiger partial charge >= 0.3 is 0 Å². The fourth-order valence-electron chi connectivity index (χ4n) is 2.08. The molecule has 0 amide bonds. The lowest BCUT2D eigenvalue weighted by molar-refractivity contribution is 0.853. The van der Waals surface area contributed by atoms with Gasteiger partial charge in [-0.25, -0.2) is 4.98 Å². The molecule has 4 heterocycles. The number of aromatic nitrogens is 5. The van der Waals surface area contributed by atoms with E-state index < -0.39 is 0 Å². The highest BCUT2D eigenvalue weighted by Crippen LogP contribution is 2.32. The van der Waals surface area contributed by atoms with Crippen LogP contribution in [0.3, 0.4) is 0 Å². The first-order valence-corrected chi connectivity index (χ1v) is 8.58. The molecule has 0 unspecified atom stereocenters. The van der Waals surface area contributed by atoms with Crippen LogP contribution in [0.2, 0.25) is 0 Å². The molecule has 7 nitrogen and oxygen atoms in total. The van der Waals surface area contributed by atoms with Gasteiger partial charge in [-0.2, -0.15) is 15.0 Å². The van der Waals surface area contributed by atoms with Crippen LogP contribution in [-0.4, -0.2) is 25.0 Å². The lowest BCUT2D eigenvalue weighted by Crippen LogP contribution is -2.04. The first-order chi connectivity index (χ1) is 11.8. The second kappa shape index (κ2) is 6.19. The van der Waals surface area contributed by atoms with Gasteiger partial charge in [0.05, 0.1) is 11.1 Å². The molecular formula is C15H9N7S2. The normalized spacial score (nSPS) is 10.5. The van der Waals surface area contributed by atoms with Crippen molar-refractivity contribution in [3.05, 3.63) is 53.7 Å². The minimum Gasteiger partial charge on any atom is -0.313 e. The van der Waals surface area contributed by atoms with Crippen molar-refractivity contribution in [3.63, 3.8) is 0 Å². The molecule has 9 heteroatoms. The number of hydrogen-bond donors (Lipinski definition) is 1. The molecule has 1 N–H and O–H groups in total. The molecule has 0 fully saturated rings. The number of pyridine rings is 1. The zero-order chi connectivity index (χ0) is 16.4. The predicted molar refractivity (Wildman–Crippen MR) is 92.6 cm³/mol. The molecule has 4 aromatic rings. The second-order valence-corrected chi connectivity index (χ2v) is 6.56. The fourth-order valence-corrected chi connectivity index (χ4v) is 3.61. The highest BCUT2D eigenvalue weighted by Gasteiger charge is 2.16. The molecule has 0 atom stereocenters. The Morgan fingerprint density at radius 3 is 2.88 bits per heavy atom. The van der Waals surface area contributed by atoms with E-state index in [9.17, 15) is 5.26 Å². The van der Waals surface area contributed by atoms with E-state index in [1.54, 1.807) is 22.2 Å². The lowest BCUT2D eigenvalue weighted by atomic mass is 10.3. The first-order valence-electron chi connectivity index (χ1n) is 6.89. The van der Waals surface area contributed by atoms with Crippen molar-refractivity contribution in [1.82, 2.24) is 25.0 Å². The summed E-state index contributed by atoms with van der Waals surface area (Å²) in [6.07, 6.45) is 3.17. The minimum absolute atomic E-state index is 0.411. The number of thiophene rings is 1. The van der Waals surface area contributed by atoms with E-state index >= 15 is 0 Å². The van der Waals surface area contributed by atoms with Gasteiger partial charge in [0, 0.05) is 6.20 Å². The van der Waals surface area contributed by atoms with Crippen LogP contribution in [0.5, 0.6) is 0 Å². The predicted octanol–water partition coefficient (Wildman–Crippen LogP) is 3.46. The third kappa shape index (κ3) is 2.64. The van der Waals surface area contributed by atoms with Crippen molar-refractivity contribution in [1.29, 1.82) is 5.26 Å². The summed E-state index contributed by atoms with van der Waals surface area (Å²) < 4.78 is 1.57. The molecule has 116 valence electrons. The topological polar surface area (TPSA) is 92.3 Å². The molecule has 0 aliphatic carbocycles. The van der Waals surface area contributed by atoms with Gasteiger partial charge in [-0.3, -0.25) is 0 Å². The largest absolute Gasteiger partial charge is 0.313 e. The maximum Gasteiger partial charge on any atom is 0.211 e. The van der Waals surface area contributed by atoms with Crippen molar-refractivity contribution in [2.24, 2.45) is 0 Å². The standard InChI is InChI=1S/C15H9N7S2/c16-8-10-9-18-22(12-5-1-2-6-17-12)13(10)19-15-21-20-14(24-15)11-4-3-7-23-11/h1-7,9H,(H,19,21). The Hall–Kier alpha value is -3.09. The molecule has 0 bridgehead atoms. The van der Waals surface area contributed by atoms with E-state index in [-0.39, 0.29) is 0 Å².